The predicted molar refractivity (Wildman–Crippen MR) is 104 cm³/mol. The highest BCUT2D eigenvalue weighted by Gasteiger charge is 2.34. The van der Waals surface area contributed by atoms with E-state index in [9.17, 15) is 19.5 Å². The Morgan fingerprint density at radius 2 is 1.79 bits per heavy atom. The van der Waals surface area contributed by atoms with Gasteiger partial charge in [0, 0.05) is 26.2 Å². The lowest BCUT2D eigenvalue weighted by molar-refractivity contribution is -0.153. The molecule has 0 bridgehead atoms. The van der Waals surface area contributed by atoms with Crippen molar-refractivity contribution in [2.45, 2.75) is 59.6 Å². The largest absolute Gasteiger partial charge is 0.466 e. The fourth-order valence-electron chi connectivity index (χ4n) is 2.91. The van der Waals surface area contributed by atoms with Crippen LogP contribution in [0.25, 0.3) is 0 Å². The Hall–Kier alpha value is -2.03. The number of esters is 1. The van der Waals surface area contributed by atoms with Crippen molar-refractivity contribution in [1.82, 2.24) is 15.1 Å². The first-order chi connectivity index (χ1) is 12.9. The quantitative estimate of drug-likeness (QED) is 0.497. The molecule has 9 heteroatoms. The van der Waals surface area contributed by atoms with Crippen LogP contribution in [0.4, 0.5) is 9.59 Å². The van der Waals surface area contributed by atoms with E-state index in [1.807, 2.05) is 0 Å². The molecule has 9 nitrogen and oxygen atoms in total. The lowest BCUT2D eigenvalue weighted by atomic mass is 9.93. The molecular formula is C19H35N3O6. The van der Waals surface area contributed by atoms with E-state index in [0.29, 0.717) is 32.7 Å². The van der Waals surface area contributed by atoms with E-state index in [-0.39, 0.29) is 25.1 Å². The monoisotopic (exact) mass is 401 g/mol. The van der Waals surface area contributed by atoms with Crippen LogP contribution in [0.1, 0.15) is 48.0 Å². The standard InChI is InChI=1S/C19H35N3O6/c1-7-27-15(23)19(5,6)13-20-9-8-14-12-21(10-11-22(14)16(24)25)17(26)28-18(2,3)4/h14,20H,7-13H2,1-6H3,(H,24,25). The number of amides is 2. The summed E-state index contributed by atoms with van der Waals surface area (Å²) in [6.45, 7) is 12.8. The first-order valence-electron chi connectivity index (χ1n) is 9.73. The Bertz CT molecular complexity index is 558. The van der Waals surface area contributed by atoms with Crippen LogP contribution in [0.2, 0.25) is 0 Å². The molecule has 0 radical (unpaired) electrons. The van der Waals surface area contributed by atoms with Gasteiger partial charge in [-0.2, -0.15) is 0 Å². The number of carbonyl (C=O) groups excluding carboxylic acids is 2. The van der Waals surface area contributed by atoms with Crippen LogP contribution in [-0.4, -0.2) is 84.0 Å². The average Bonchev–Trinajstić information content (AvgIpc) is 2.57. The van der Waals surface area contributed by atoms with Gasteiger partial charge in [-0.1, -0.05) is 0 Å². The van der Waals surface area contributed by atoms with Gasteiger partial charge in [0.2, 0.25) is 0 Å². The summed E-state index contributed by atoms with van der Waals surface area (Å²) in [7, 11) is 0. The van der Waals surface area contributed by atoms with E-state index in [1.54, 1.807) is 46.4 Å². The lowest BCUT2D eigenvalue weighted by Gasteiger charge is -2.40. The molecule has 2 amide bonds. The summed E-state index contributed by atoms with van der Waals surface area (Å²) < 4.78 is 10.5. The molecule has 0 aromatic heterocycles. The summed E-state index contributed by atoms with van der Waals surface area (Å²) in [5, 5.41) is 12.6. The van der Waals surface area contributed by atoms with Crippen LogP contribution in [0, 0.1) is 5.41 Å². The fourth-order valence-corrected chi connectivity index (χ4v) is 2.91. The molecule has 1 saturated heterocycles. The van der Waals surface area contributed by atoms with Gasteiger partial charge in [-0.3, -0.25) is 4.79 Å². The van der Waals surface area contributed by atoms with Gasteiger partial charge in [-0.05, 0) is 54.5 Å². The molecule has 1 heterocycles. The predicted octanol–water partition coefficient (Wildman–Crippen LogP) is 2.15. The fraction of sp³-hybridized carbons (Fsp3) is 0.842. The zero-order valence-corrected chi connectivity index (χ0v) is 17.9. The number of piperazine rings is 1. The summed E-state index contributed by atoms with van der Waals surface area (Å²) in [6.07, 6.45) is -0.913. The Balaban J connectivity index is 2.60. The molecule has 1 unspecified atom stereocenters. The number of rotatable bonds is 7. The second-order valence-corrected chi connectivity index (χ2v) is 8.63. The summed E-state index contributed by atoms with van der Waals surface area (Å²) in [5.41, 5.74) is -1.27. The van der Waals surface area contributed by atoms with Gasteiger partial charge in [0.25, 0.3) is 0 Å². The van der Waals surface area contributed by atoms with Crippen molar-refractivity contribution in [3.8, 4) is 0 Å². The minimum Gasteiger partial charge on any atom is -0.466 e. The van der Waals surface area contributed by atoms with Crippen molar-refractivity contribution in [2.75, 3.05) is 39.3 Å². The van der Waals surface area contributed by atoms with Gasteiger partial charge in [0.1, 0.15) is 5.60 Å². The van der Waals surface area contributed by atoms with Crippen LogP contribution >= 0.6 is 0 Å². The minimum absolute atomic E-state index is 0.244. The summed E-state index contributed by atoms with van der Waals surface area (Å²) in [6, 6.07) is -0.336. The van der Waals surface area contributed by atoms with Gasteiger partial charge < -0.3 is 29.7 Å². The molecule has 0 aromatic rings. The van der Waals surface area contributed by atoms with E-state index < -0.39 is 23.2 Å². The van der Waals surface area contributed by atoms with E-state index in [2.05, 4.69) is 5.32 Å². The maximum absolute atomic E-state index is 12.3. The van der Waals surface area contributed by atoms with Crippen LogP contribution in [0.15, 0.2) is 0 Å². The molecule has 1 atom stereocenters. The van der Waals surface area contributed by atoms with Crippen molar-refractivity contribution in [3.63, 3.8) is 0 Å². The maximum Gasteiger partial charge on any atom is 0.410 e. The topological polar surface area (TPSA) is 108 Å². The van der Waals surface area contributed by atoms with Crippen LogP contribution in [0.3, 0.4) is 0 Å². The van der Waals surface area contributed by atoms with Crippen molar-refractivity contribution < 1.29 is 29.0 Å². The zero-order valence-electron chi connectivity index (χ0n) is 17.9. The Morgan fingerprint density at radius 3 is 2.32 bits per heavy atom. The number of nitrogens with one attached hydrogen (secondary N) is 1. The third-order valence-corrected chi connectivity index (χ3v) is 4.43. The first kappa shape index (κ1) is 24.0. The molecule has 0 aliphatic carbocycles. The molecule has 1 aliphatic rings. The van der Waals surface area contributed by atoms with Crippen molar-refractivity contribution in [3.05, 3.63) is 0 Å². The van der Waals surface area contributed by atoms with Gasteiger partial charge in [0.05, 0.1) is 18.1 Å². The SMILES string of the molecule is CCOC(=O)C(C)(C)CNCCC1CN(C(=O)OC(C)(C)C)CCN1C(=O)O. The second kappa shape index (κ2) is 9.95. The van der Waals surface area contributed by atoms with Gasteiger partial charge >= 0.3 is 18.2 Å². The number of ether oxygens (including phenoxy) is 2. The lowest BCUT2D eigenvalue weighted by Crippen LogP contribution is -2.57. The highest BCUT2D eigenvalue weighted by Crippen LogP contribution is 2.18. The molecule has 0 spiro atoms. The van der Waals surface area contributed by atoms with Gasteiger partial charge in [-0.25, -0.2) is 9.59 Å². The number of carbonyl (C=O) groups is 3. The number of hydrogen-bond donors (Lipinski definition) is 2. The summed E-state index contributed by atoms with van der Waals surface area (Å²) >= 11 is 0. The minimum atomic E-state index is -0.999. The van der Waals surface area contributed by atoms with E-state index in [1.165, 1.54) is 4.90 Å². The van der Waals surface area contributed by atoms with Crippen molar-refractivity contribution >= 4 is 18.2 Å². The smallest absolute Gasteiger partial charge is 0.410 e. The maximum atomic E-state index is 12.3. The number of carboxylic acid groups (broad SMARTS) is 1. The summed E-state index contributed by atoms with van der Waals surface area (Å²) in [4.78, 5) is 38.7. The molecule has 28 heavy (non-hydrogen) atoms. The molecule has 0 aromatic carbocycles. The number of hydrogen-bond acceptors (Lipinski definition) is 6. The number of nitrogens with zero attached hydrogens (tertiary/aromatic N) is 2. The van der Waals surface area contributed by atoms with Crippen LogP contribution in [0.5, 0.6) is 0 Å². The van der Waals surface area contributed by atoms with Crippen LogP contribution in [-0.2, 0) is 14.3 Å². The van der Waals surface area contributed by atoms with Gasteiger partial charge in [-0.15, -0.1) is 0 Å². The normalized spacial score (nSPS) is 18.0. The highest BCUT2D eigenvalue weighted by molar-refractivity contribution is 5.76. The van der Waals surface area contributed by atoms with Crippen LogP contribution < -0.4 is 5.32 Å². The summed E-state index contributed by atoms with van der Waals surface area (Å²) in [5.74, 6) is -0.275. The third kappa shape index (κ3) is 7.53. The van der Waals surface area contributed by atoms with Crippen molar-refractivity contribution in [2.24, 2.45) is 5.41 Å². The second-order valence-electron chi connectivity index (χ2n) is 8.63. The molecule has 162 valence electrons. The molecule has 0 saturated carbocycles. The molecule has 1 fully saturated rings. The first-order valence-corrected chi connectivity index (χ1v) is 9.73. The highest BCUT2D eigenvalue weighted by atomic mass is 16.6. The molecule has 1 aliphatic heterocycles. The Kier molecular flexibility index (Phi) is 8.53. The molecule has 2 N–H and O–H groups in total. The molecular weight excluding hydrogens is 366 g/mol. The van der Waals surface area contributed by atoms with Gasteiger partial charge in [0.15, 0.2) is 0 Å². The molecule has 1 rings (SSSR count). The van der Waals surface area contributed by atoms with Crippen molar-refractivity contribution in [1.29, 1.82) is 0 Å². The van der Waals surface area contributed by atoms with E-state index in [4.69, 9.17) is 9.47 Å². The zero-order chi connectivity index (χ0) is 21.5. The Labute approximate surface area is 167 Å². The third-order valence-electron chi connectivity index (χ3n) is 4.43. The van der Waals surface area contributed by atoms with E-state index in [0.717, 1.165) is 0 Å². The average molecular weight is 402 g/mol. The van der Waals surface area contributed by atoms with E-state index >= 15 is 0 Å². The Morgan fingerprint density at radius 1 is 1.14 bits per heavy atom.